The van der Waals surface area contributed by atoms with Crippen LogP contribution in [0.4, 0.5) is 0 Å². The van der Waals surface area contributed by atoms with Crippen molar-refractivity contribution in [3.63, 3.8) is 0 Å². The lowest BCUT2D eigenvalue weighted by atomic mass is 10.0. The number of likely N-dealkylation sites (tertiary alicyclic amines) is 1. The van der Waals surface area contributed by atoms with Crippen LogP contribution in [0.3, 0.4) is 0 Å². The fourth-order valence-corrected chi connectivity index (χ4v) is 3.23. The summed E-state index contributed by atoms with van der Waals surface area (Å²) in [7, 11) is 1.56. The predicted molar refractivity (Wildman–Crippen MR) is 92.4 cm³/mol. The number of aliphatic hydroxyl groups is 1. The van der Waals surface area contributed by atoms with Gasteiger partial charge in [0.15, 0.2) is 0 Å². The lowest BCUT2D eigenvalue weighted by Crippen LogP contribution is -2.43. The third-order valence-electron chi connectivity index (χ3n) is 4.55. The molecule has 1 fully saturated rings. The number of hydrogen-bond acceptors (Lipinski definition) is 6. The third-order valence-corrected chi connectivity index (χ3v) is 4.55. The zero-order valence-corrected chi connectivity index (χ0v) is 14.6. The minimum atomic E-state index is -0.980. The molecule has 1 aromatic heterocycles. The number of amides is 2. The first kappa shape index (κ1) is 17.9. The first-order valence-corrected chi connectivity index (χ1v) is 8.36. The van der Waals surface area contributed by atoms with E-state index < -0.39 is 24.0 Å². The molecule has 0 aliphatic carbocycles. The second-order valence-corrected chi connectivity index (χ2v) is 6.24. The highest BCUT2D eigenvalue weighted by atomic mass is 16.5. The van der Waals surface area contributed by atoms with Crippen LogP contribution in [0.25, 0.3) is 11.3 Å². The fraction of sp³-hybridized carbons (Fsp3) is 0.389. The number of methoxy groups -OCH3 is 1. The lowest BCUT2D eigenvalue weighted by molar-refractivity contribution is -0.121. The molecule has 1 aromatic carbocycles. The maximum Gasteiger partial charge on any atom is 0.293 e. The maximum absolute atomic E-state index is 12.9. The molecule has 1 aliphatic heterocycles. The van der Waals surface area contributed by atoms with Gasteiger partial charge in [0.25, 0.3) is 5.91 Å². The monoisotopic (exact) mass is 359 g/mol. The van der Waals surface area contributed by atoms with Gasteiger partial charge in [-0.2, -0.15) is 0 Å². The molecule has 0 bridgehead atoms. The summed E-state index contributed by atoms with van der Waals surface area (Å²) in [5.74, 6) is -0.439. The summed E-state index contributed by atoms with van der Waals surface area (Å²) in [5, 5.41) is 14.2. The van der Waals surface area contributed by atoms with E-state index >= 15 is 0 Å². The van der Waals surface area contributed by atoms with Gasteiger partial charge in [-0.15, -0.1) is 0 Å². The Morgan fingerprint density at radius 1 is 1.38 bits per heavy atom. The molecule has 2 heterocycles. The van der Waals surface area contributed by atoms with Crippen molar-refractivity contribution in [3.8, 4) is 17.0 Å². The van der Waals surface area contributed by atoms with Crippen molar-refractivity contribution in [1.29, 1.82) is 0 Å². The first-order chi connectivity index (χ1) is 12.4. The molecule has 138 valence electrons. The molecule has 26 heavy (non-hydrogen) atoms. The number of rotatable bonds is 5. The minimum absolute atomic E-state index is 0.0704. The lowest BCUT2D eigenvalue weighted by Gasteiger charge is -2.21. The fourth-order valence-electron chi connectivity index (χ4n) is 3.23. The highest BCUT2D eigenvalue weighted by Crippen LogP contribution is 2.33. The SMILES string of the molecule is COc1ccc(-c2noc(C(=O)N3CCC[C@H]3C(N)=O)c2[C@H](C)O)cc1. The largest absolute Gasteiger partial charge is 0.497 e. The molecule has 2 aromatic rings. The molecule has 8 nitrogen and oxygen atoms in total. The van der Waals surface area contributed by atoms with E-state index in [1.807, 2.05) is 0 Å². The van der Waals surface area contributed by atoms with Gasteiger partial charge in [0.2, 0.25) is 11.7 Å². The summed E-state index contributed by atoms with van der Waals surface area (Å²) >= 11 is 0. The molecule has 1 saturated heterocycles. The maximum atomic E-state index is 12.9. The van der Waals surface area contributed by atoms with E-state index in [-0.39, 0.29) is 11.3 Å². The molecule has 8 heteroatoms. The zero-order valence-electron chi connectivity index (χ0n) is 14.6. The van der Waals surface area contributed by atoms with Gasteiger partial charge in [-0.3, -0.25) is 9.59 Å². The Bertz CT molecular complexity index is 813. The number of hydrogen-bond donors (Lipinski definition) is 2. The molecule has 0 spiro atoms. The van der Waals surface area contributed by atoms with E-state index in [2.05, 4.69) is 5.16 Å². The first-order valence-electron chi connectivity index (χ1n) is 8.36. The number of aliphatic hydroxyl groups excluding tert-OH is 1. The van der Waals surface area contributed by atoms with Crippen molar-refractivity contribution >= 4 is 11.8 Å². The van der Waals surface area contributed by atoms with E-state index in [0.29, 0.717) is 36.4 Å². The molecular formula is C18H21N3O5. The summed E-state index contributed by atoms with van der Waals surface area (Å²) in [6, 6.07) is 6.36. The highest BCUT2D eigenvalue weighted by molar-refractivity contribution is 5.98. The summed E-state index contributed by atoms with van der Waals surface area (Å²) in [4.78, 5) is 25.8. The van der Waals surface area contributed by atoms with Crippen molar-refractivity contribution in [2.45, 2.75) is 31.9 Å². The second-order valence-electron chi connectivity index (χ2n) is 6.24. The van der Waals surface area contributed by atoms with Crippen molar-refractivity contribution in [3.05, 3.63) is 35.6 Å². The molecule has 2 atom stereocenters. The van der Waals surface area contributed by atoms with Crippen LogP contribution in [0.2, 0.25) is 0 Å². The van der Waals surface area contributed by atoms with Gasteiger partial charge in [-0.1, -0.05) is 5.16 Å². The molecule has 1 aliphatic rings. The van der Waals surface area contributed by atoms with Crippen LogP contribution in [-0.2, 0) is 4.79 Å². The van der Waals surface area contributed by atoms with Gasteiger partial charge in [0.1, 0.15) is 17.5 Å². The average Bonchev–Trinajstić information content (AvgIpc) is 3.28. The van der Waals surface area contributed by atoms with Crippen molar-refractivity contribution in [2.75, 3.05) is 13.7 Å². The summed E-state index contributed by atoms with van der Waals surface area (Å²) < 4.78 is 10.4. The molecule has 2 amide bonds. The van der Waals surface area contributed by atoms with Crippen LogP contribution >= 0.6 is 0 Å². The Labute approximate surface area is 150 Å². The summed E-state index contributed by atoms with van der Waals surface area (Å²) in [6.07, 6.45) is 0.222. The number of primary amides is 1. The van der Waals surface area contributed by atoms with Crippen molar-refractivity contribution in [2.24, 2.45) is 5.73 Å². The number of benzene rings is 1. The smallest absolute Gasteiger partial charge is 0.293 e. The molecule has 3 rings (SSSR count). The van der Waals surface area contributed by atoms with E-state index in [1.165, 1.54) is 11.8 Å². The Balaban J connectivity index is 1.99. The molecule has 3 N–H and O–H groups in total. The van der Waals surface area contributed by atoms with Crippen molar-refractivity contribution in [1.82, 2.24) is 10.1 Å². The normalized spacial score (nSPS) is 18.0. The van der Waals surface area contributed by atoms with E-state index in [9.17, 15) is 14.7 Å². The third kappa shape index (κ3) is 3.15. The van der Waals surface area contributed by atoms with Gasteiger partial charge in [-0.25, -0.2) is 0 Å². The highest BCUT2D eigenvalue weighted by Gasteiger charge is 2.37. The van der Waals surface area contributed by atoms with Crippen LogP contribution < -0.4 is 10.5 Å². The molecule has 0 radical (unpaired) electrons. The second kappa shape index (κ2) is 7.17. The number of carbonyl (C=O) groups is 2. The minimum Gasteiger partial charge on any atom is -0.497 e. The topological polar surface area (TPSA) is 119 Å². The van der Waals surface area contributed by atoms with Gasteiger partial charge in [0, 0.05) is 12.1 Å². The summed E-state index contributed by atoms with van der Waals surface area (Å²) in [5.41, 5.74) is 6.73. The van der Waals surface area contributed by atoms with E-state index in [1.54, 1.807) is 31.4 Å². The molecule has 0 unspecified atom stereocenters. The number of aromatic nitrogens is 1. The van der Waals surface area contributed by atoms with Crippen LogP contribution in [0, 0.1) is 0 Å². The van der Waals surface area contributed by atoms with Crippen LogP contribution in [-0.4, -0.2) is 46.7 Å². The Kier molecular flexibility index (Phi) is 4.94. The van der Waals surface area contributed by atoms with Crippen LogP contribution in [0.1, 0.15) is 42.0 Å². The number of carbonyl (C=O) groups excluding carboxylic acids is 2. The zero-order chi connectivity index (χ0) is 18.8. The van der Waals surface area contributed by atoms with E-state index in [4.69, 9.17) is 15.0 Å². The Hall–Kier alpha value is -2.87. The van der Waals surface area contributed by atoms with Gasteiger partial charge < -0.3 is 25.0 Å². The van der Waals surface area contributed by atoms with Crippen molar-refractivity contribution < 1.29 is 24.0 Å². The average molecular weight is 359 g/mol. The Morgan fingerprint density at radius 3 is 2.65 bits per heavy atom. The van der Waals surface area contributed by atoms with Gasteiger partial charge in [-0.05, 0) is 44.0 Å². The van der Waals surface area contributed by atoms with E-state index in [0.717, 1.165) is 0 Å². The predicted octanol–water partition coefficient (Wildman–Crippen LogP) is 1.49. The van der Waals surface area contributed by atoms with Gasteiger partial charge >= 0.3 is 0 Å². The molecule has 0 saturated carbocycles. The number of nitrogens with two attached hydrogens (primary N) is 1. The standard InChI is InChI=1S/C18H21N3O5/c1-10(22)14-15(11-5-7-12(25-2)8-6-11)20-26-16(14)18(24)21-9-3-4-13(21)17(19)23/h5-8,10,13,22H,3-4,9H2,1-2H3,(H2,19,23)/t10-,13-/m0/s1. The molecular weight excluding hydrogens is 338 g/mol. The number of ether oxygens (including phenoxy) is 1. The summed E-state index contributed by atoms with van der Waals surface area (Å²) in [6.45, 7) is 1.94. The van der Waals surface area contributed by atoms with Crippen LogP contribution in [0.15, 0.2) is 28.8 Å². The van der Waals surface area contributed by atoms with Crippen LogP contribution in [0.5, 0.6) is 5.75 Å². The quantitative estimate of drug-likeness (QED) is 0.835. The van der Waals surface area contributed by atoms with Gasteiger partial charge in [0.05, 0.1) is 18.8 Å². The number of nitrogens with zero attached hydrogens (tertiary/aromatic N) is 2. The Morgan fingerprint density at radius 2 is 2.08 bits per heavy atom.